The highest BCUT2D eigenvalue weighted by molar-refractivity contribution is 6.38. The maximum atomic E-state index is 14.8. The Hall–Kier alpha value is -4.94. The smallest absolute Gasteiger partial charge is 0.408 e. The van der Waals surface area contributed by atoms with Crippen LogP contribution in [0.25, 0.3) is 10.9 Å². The Bertz CT molecular complexity index is 2010. The minimum Gasteiger partial charge on any atom is -0.504 e. The second-order valence-electron chi connectivity index (χ2n) is 13.9. The summed E-state index contributed by atoms with van der Waals surface area (Å²) in [5.41, 5.74) is 1.86. The van der Waals surface area contributed by atoms with Crippen LogP contribution in [-0.4, -0.2) is 58.6 Å². The Balaban J connectivity index is 1.47. The molecule has 4 amide bonds. The standard InChI is InChI=1S/C40H47Cl2N5O7/c1-6-22(3)33(36(49)43-26-13-14-31(48)32(19-26)53-5)45-38(51)40(16-15-30-28(20-40)27-17-25(41)18-29(42)35(27)44-30)47-37(50)34(23(4)7-2)46-39(52)54-21-24-11-9-8-10-12-24/h8-14,17-19,22-23,33-34,44,48H,6-7,15-16,20-21H2,1-5H3,(H,43,49)(H,45,51)(H,46,52)(H,47,50)/t22-,23-,33?,34?,40+/m0/s1. The highest BCUT2D eigenvalue weighted by atomic mass is 35.5. The van der Waals surface area contributed by atoms with Gasteiger partial charge in [0.25, 0.3) is 0 Å². The van der Waals surface area contributed by atoms with E-state index in [0.29, 0.717) is 45.9 Å². The quantitative estimate of drug-likeness (QED) is 0.0746. The molecule has 0 spiro atoms. The van der Waals surface area contributed by atoms with Gasteiger partial charge in [0, 0.05) is 34.3 Å². The summed E-state index contributed by atoms with van der Waals surface area (Å²) < 4.78 is 10.7. The van der Waals surface area contributed by atoms with Gasteiger partial charge in [0.15, 0.2) is 11.5 Å². The Morgan fingerprint density at radius 1 is 0.926 bits per heavy atom. The zero-order valence-corrected chi connectivity index (χ0v) is 32.5. The van der Waals surface area contributed by atoms with E-state index in [1.807, 2.05) is 58.0 Å². The van der Waals surface area contributed by atoms with E-state index in [-0.39, 0.29) is 42.8 Å². The molecule has 0 aliphatic heterocycles. The van der Waals surface area contributed by atoms with Crippen molar-refractivity contribution in [2.45, 2.75) is 84.0 Å². The van der Waals surface area contributed by atoms with Gasteiger partial charge in [-0.25, -0.2) is 4.79 Å². The number of methoxy groups -OCH3 is 1. The zero-order chi connectivity index (χ0) is 39.2. The molecule has 5 atom stereocenters. The fraction of sp³-hybridized carbons (Fsp3) is 0.400. The summed E-state index contributed by atoms with van der Waals surface area (Å²) in [6.45, 7) is 7.50. The number of anilines is 1. The Labute approximate surface area is 324 Å². The van der Waals surface area contributed by atoms with Crippen LogP contribution in [0.4, 0.5) is 10.5 Å². The monoisotopic (exact) mass is 779 g/mol. The van der Waals surface area contributed by atoms with E-state index in [2.05, 4.69) is 26.3 Å². The van der Waals surface area contributed by atoms with Crippen molar-refractivity contribution < 1.29 is 33.8 Å². The number of hydrogen-bond acceptors (Lipinski definition) is 7. The minimum atomic E-state index is -1.55. The molecule has 0 saturated carbocycles. The Morgan fingerprint density at radius 2 is 1.61 bits per heavy atom. The third-order valence-corrected chi connectivity index (χ3v) is 10.8. The van der Waals surface area contributed by atoms with Crippen LogP contribution in [0.3, 0.4) is 0 Å². The van der Waals surface area contributed by atoms with E-state index in [1.165, 1.54) is 25.3 Å². The normalized spacial score (nSPS) is 17.3. The number of H-pyrrole nitrogens is 1. The van der Waals surface area contributed by atoms with Crippen molar-refractivity contribution in [2.75, 3.05) is 12.4 Å². The van der Waals surface area contributed by atoms with Gasteiger partial charge in [0.2, 0.25) is 17.7 Å². The van der Waals surface area contributed by atoms with Crippen molar-refractivity contribution >= 4 is 63.6 Å². The number of phenols is 1. The molecule has 288 valence electrons. The second kappa shape index (κ2) is 17.5. The molecule has 5 rings (SSSR count). The van der Waals surface area contributed by atoms with Crippen molar-refractivity contribution in [3.05, 3.63) is 87.5 Å². The summed E-state index contributed by atoms with van der Waals surface area (Å²) in [5, 5.41) is 23.2. The van der Waals surface area contributed by atoms with Gasteiger partial charge in [-0.2, -0.15) is 0 Å². The van der Waals surface area contributed by atoms with Crippen LogP contribution in [0.1, 0.15) is 63.8 Å². The predicted molar refractivity (Wildman–Crippen MR) is 209 cm³/mol. The highest BCUT2D eigenvalue weighted by Crippen LogP contribution is 2.38. The number of carbonyl (C=O) groups is 4. The van der Waals surface area contributed by atoms with Gasteiger partial charge in [-0.15, -0.1) is 0 Å². The molecule has 1 aromatic heterocycles. The number of carbonyl (C=O) groups excluding carboxylic acids is 4. The second-order valence-corrected chi connectivity index (χ2v) is 14.8. The number of rotatable bonds is 14. The van der Waals surface area contributed by atoms with Gasteiger partial charge in [-0.05, 0) is 60.1 Å². The van der Waals surface area contributed by atoms with Crippen molar-refractivity contribution in [1.82, 2.24) is 20.9 Å². The molecule has 12 nitrogen and oxygen atoms in total. The molecule has 4 aromatic rings. The average molecular weight is 781 g/mol. The van der Waals surface area contributed by atoms with Crippen molar-refractivity contribution in [3.63, 3.8) is 0 Å². The molecule has 0 bridgehead atoms. The molecular formula is C40H47Cl2N5O7. The summed E-state index contributed by atoms with van der Waals surface area (Å²) in [4.78, 5) is 59.4. The minimum absolute atomic E-state index is 0.0122. The van der Waals surface area contributed by atoms with E-state index >= 15 is 0 Å². The zero-order valence-electron chi connectivity index (χ0n) is 31.0. The molecule has 0 saturated heterocycles. The number of halogens is 2. The van der Waals surface area contributed by atoms with Crippen LogP contribution >= 0.6 is 23.2 Å². The van der Waals surface area contributed by atoms with Gasteiger partial charge >= 0.3 is 6.09 Å². The number of aromatic hydroxyl groups is 1. The summed E-state index contributed by atoms with van der Waals surface area (Å²) in [7, 11) is 1.40. The number of fused-ring (bicyclic) bond motifs is 3. The molecule has 54 heavy (non-hydrogen) atoms. The van der Waals surface area contributed by atoms with E-state index in [1.54, 1.807) is 12.1 Å². The molecule has 3 aromatic carbocycles. The fourth-order valence-electron chi connectivity index (χ4n) is 6.69. The van der Waals surface area contributed by atoms with Gasteiger partial charge in [0.1, 0.15) is 24.2 Å². The van der Waals surface area contributed by atoms with Crippen LogP contribution in [0, 0.1) is 11.8 Å². The lowest BCUT2D eigenvalue weighted by Gasteiger charge is -2.39. The predicted octanol–water partition coefficient (Wildman–Crippen LogP) is 7.04. The van der Waals surface area contributed by atoms with Crippen LogP contribution in [0.15, 0.2) is 60.7 Å². The van der Waals surface area contributed by atoms with E-state index in [0.717, 1.165) is 16.8 Å². The van der Waals surface area contributed by atoms with Gasteiger partial charge < -0.3 is 40.8 Å². The largest absolute Gasteiger partial charge is 0.504 e. The summed E-state index contributed by atoms with van der Waals surface area (Å²) in [5.74, 6) is -2.21. The van der Waals surface area contributed by atoms with E-state index in [4.69, 9.17) is 32.7 Å². The van der Waals surface area contributed by atoms with Crippen molar-refractivity contribution in [3.8, 4) is 11.5 Å². The number of aryl methyl sites for hydroxylation is 1. The summed E-state index contributed by atoms with van der Waals surface area (Å²) in [6.07, 6.45) is 0.893. The maximum Gasteiger partial charge on any atom is 0.408 e. The lowest BCUT2D eigenvalue weighted by atomic mass is 9.78. The first kappa shape index (κ1) is 40.2. The first-order chi connectivity index (χ1) is 25.8. The molecular weight excluding hydrogens is 733 g/mol. The number of phenolic OH excluding ortho intramolecular Hbond substituents is 1. The number of alkyl carbamates (subject to hydrolysis) is 1. The average Bonchev–Trinajstić information content (AvgIpc) is 3.53. The molecule has 14 heteroatoms. The lowest BCUT2D eigenvalue weighted by Crippen LogP contribution is -2.67. The Kier molecular flexibility index (Phi) is 13.0. The number of nitrogens with one attached hydrogen (secondary N) is 5. The highest BCUT2D eigenvalue weighted by Gasteiger charge is 2.47. The maximum absolute atomic E-state index is 14.8. The van der Waals surface area contributed by atoms with Crippen LogP contribution < -0.4 is 26.0 Å². The number of hydrogen-bond donors (Lipinski definition) is 6. The summed E-state index contributed by atoms with van der Waals surface area (Å²) >= 11 is 13.0. The number of benzene rings is 3. The van der Waals surface area contributed by atoms with E-state index < -0.39 is 41.4 Å². The third-order valence-electron chi connectivity index (χ3n) is 10.3. The molecule has 2 unspecified atom stereocenters. The SMILES string of the molecule is CC[C@H](C)C(NC(=O)OCc1ccccc1)C(=O)N[C@]1(C(=O)NC(C(=O)Nc2ccc(O)c(OC)c2)[C@@H](C)CC)CCc2[nH]c3c(Cl)cc(Cl)cc3c2C1. The third kappa shape index (κ3) is 9.05. The lowest BCUT2D eigenvalue weighted by molar-refractivity contribution is -0.137. The Morgan fingerprint density at radius 3 is 2.28 bits per heavy atom. The van der Waals surface area contributed by atoms with Crippen LogP contribution in [0.5, 0.6) is 11.5 Å². The molecule has 1 aliphatic carbocycles. The first-order valence-electron chi connectivity index (χ1n) is 18.1. The first-order valence-corrected chi connectivity index (χ1v) is 18.8. The van der Waals surface area contributed by atoms with Gasteiger partial charge in [-0.3, -0.25) is 14.4 Å². The van der Waals surface area contributed by atoms with Crippen molar-refractivity contribution in [2.24, 2.45) is 11.8 Å². The van der Waals surface area contributed by atoms with E-state index in [9.17, 15) is 24.3 Å². The topological polar surface area (TPSA) is 171 Å². The number of ether oxygens (including phenoxy) is 2. The number of aromatic nitrogens is 1. The molecule has 0 radical (unpaired) electrons. The summed E-state index contributed by atoms with van der Waals surface area (Å²) in [6, 6.07) is 14.9. The molecule has 1 heterocycles. The van der Waals surface area contributed by atoms with Crippen LogP contribution in [-0.2, 0) is 38.6 Å². The molecule has 6 N–H and O–H groups in total. The van der Waals surface area contributed by atoms with Gasteiger partial charge in [0.05, 0.1) is 17.6 Å². The molecule has 0 fully saturated rings. The number of aromatic amines is 1. The number of amides is 4. The molecule has 1 aliphatic rings. The van der Waals surface area contributed by atoms with Crippen LogP contribution in [0.2, 0.25) is 10.0 Å². The van der Waals surface area contributed by atoms with Crippen molar-refractivity contribution in [1.29, 1.82) is 0 Å². The van der Waals surface area contributed by atoms with Gasteiger partial charge in [-0.1, -0.05) is 94.1 Å². The fourth-order valence-corrected chi connectivity index (χ4v) is 7.23.